The van der Waals surface area contributed by atoms with E-state index in [2.05, 4.69) is 44.2 Å². The molecular weight excluding hydrogens is 236 g/mol. The summed E-state index contributed by atoms with van der Waals surface area (Å²) in [5.74, 6) is 0. The summed E-state index contributed by atoms with van der Waals surface area (Å²) in [4.78, 5) is 2.68. The van der Waals surface area contributed by atoms with E-state index >= 15 is 0 Å². The highest BCUT2D eigenvalue weighted by molar-refractivity contribution is 7.12. The van der Waals surface area contributed by atoms with E-state index in [9.17, 15) is 0 Å². The molecule has 84 valence electrons. The number of alkyl halides is 1. The van der Waals surface area contributed by atoms with Crippen LogP contribution >= 0.6 is 22.9 Å². The Labute approximate surface area is 106 Å². The van der Waals surface area contributed by atoms with Crippen LogP contribution in [0.2, 0.25) is 0 Å². The molecule has 1 unspecified atom stereocenters. The van der Waals surface area contributed by atoms with Crippen LogP contribution in [0.1, 0.15) is 26.3 Å². The third-order valence-electron chi connectivity index (χ3n) is 2.67. The zero-order valence-electron chi connectivity index (χ0n) is 9.53. The molecule has 0 N–H and O–H groups in total. The predicted molar refractivity (Wildman–Crippen MR) is 72.5 cm³/mol. The van der Waals surface area contributed by atoms with Crippen molar-refractivity contribution in [2.75, 3.05) is 0 Å². The number of thiophene rings is 1. The molecule has 2 heteroatoms. The lowest BCUT2D eigenvalue weighted by Crippen LogP contribution is -1.95. The fourth-order valence-corrected chi connectivity index (χ4v) is 3.35. The lowest BCUT2D eigenvalue weighted by Gasteiger charge is -2.09. The molecule has 0 nitrogen and oxygen atoms in total. The lowest BCUT2D eigenvalue weighted by atomic mass is 10.0. The molecule has 0 fully saturated rings. The monoisotopic (exact) mass is 250 g/mol. The van der Waals surface area contributed by atoms with Gasteiger partial charge in [-0.1, -0.05) is 30.3 Å². The summed E-state index contributed by atoms with van der Waals surface area (Å²) in [7, 11) is 0. The van der Waals surface area contributed by atoms with Crippen LogP contribution in [-0.4, -0.2) is 0 Å². The first-order valence-corrected chi connectivity index (χ1v) is 6.67. The SMILES string of the molecule is Cc1cc(C(Cl)Cc2ccccc2)c(C)s1. The molecule has 1 atom stereocenters. The number of rotatable bonds is 3. The molecule has 0 saturated carbocycles. The smallest absolute Gasteiger partial charge is 0.0636 e. The first-order chi connectivity index (χ1) is 7.66. The van der Waals surface area contributed by atoms with Crippen LogP contribution in [0.3, 0.4) is 0 Å². The Balaban J connectivity index is 2.14. The van der Waals surface area contributed by atoms with E-state index in [1.165, 1.54) is 20.9 Å². The number of halogens is 1. The van der Waals surface area contributed by atoms with Crippen LogP contribution in [0.15, 0.2) is 36.4 Å². The minimum absolute atomic E-state index is 0.0901. The van der Waals surface area contributed by atoms with Crippen LogP contribution in [0.5, 0.6) is 0 Å². The Bertz CT molecular complexity index is 459. The molecule has 1 aromatic carbocycles. The molecule has 2 aromatic rings. The molecule has 0 aliphatic heterocycles. The normalized spacial score (nSPS) is 12.7. The van der Waals surface area contributed by atoms with Crippen LogP contribution in [0.25, 0.3) is 0 Å². The number of aryl methyl sites for hydroxylation is 2. The highest BCUT2D eigenvalue weighted by Gasteiger charge is 2.13. The van der Waals surface area contributed by atoms with Gasteiger partial charge in [0, 0.05) is 9.75 Å². The Morgan fingerprint density at radius 2 is 1.88 bits per heavy atom. The minimum Gasteiger partial charge on any atom is -0.146 e. The van der Waals surface area contributed by atoms with Gasteiger partial charge in [-0.2, -0.15) is 0 Å². The van der Waals surface area contributed by atoms with Gasteiger partial charge in [-0.3, -0.25) is 0 Å². The van der Waals surface area contributed by atoms with E-state index in [-0.39, 0.29) is 5.38 Å². The lowest BCUT2D eigenvalue weighted by molar-refractivity contribution is 0.917. The van der Waals surface area contributed by atoms with Crippen molar-refractivity contribution < 1.29 is 0 Å². The van der Waals surface area contributed by atoms with Crippen LogP contribution in [0.4, 0.5) is 0 Å². The van der Waals surface area contributed by atoms with E-state index in [1.54, 1.807) is 0 Å². The summed E-state index contributed by atoms with van der Waals surface area (Å²) < 4.78 is 0. The van der Waals surface area contributed by atoms with E-state index in [1.807, 2.05) is 17.4 Å². The number of hydrogen-bond donors (Lipinski definition) is 0. The molecular formula is C14H15ClS. The van der Waals surface area contributed by atoms with E-state index in [0.717, 1.165) is 6.42 Å². The standard InChI is InChI=1S/C14H15ClS/c1-10-8-13(11(2)16-10)14(15)9-12-6-4-3-5-7-12/h3-8,14H,9H2,1-2H3. The minimum atomic E-state index is 0.0901. The van der Waals surface area contributed by atoms with Gasteiger partial charge in [-0.25, -0.2) is 0 Å². The molecule has 1 heterocycles. The Morgan fingerprint density at radius 1 is 1.19 bits per heavy atom. The molecule has 0 saturated heterocycles. The second-order valence-corrected chi connectivity index (χ2v) is 6.01. The second-order valence-electron chi connectivity index (χ2n) is 4.03. The molecule has 0 aliphatic rings. The van der Waals surface area contributed by atoms with Crippen molar-refractivity contribution in [1.82, 2.24) is 0 Å². The fourth-order valence-electron chi connectivity index (χ4n) is 1.89. The Hall–Kier alpha value is -0.790. The van der Waals surface area contributed by atoms with Crippen molar-refractivity contribution in [1.29, 1.82) is 0 Å². The quantitative estimate of drug-likeness (QED) is 0.681. The number of benzene rings is 1. The van der Waals surface area contributed by atoms with Crippen molar-refractivity contribution in [3.63, 3.8) is 0 Å². The van der Waals surface area contributed by atoms with Crippen LogP contribution < -0.4 is 0 Å². The van der Waals surface area contributed by atoms with Gasteiger partial charge in [-0.15, -0.1) is 22.9 Å². The molecule has 0 radical (unpaired) electrons. The number of hydrogen-bond acceptors (Lipinski definition) is 1. The Morgan fingerprint density at radius 3 is 2.44 bits per heavy atom. The molecule has 0 amide bonds. The highest BCUT2D eigenvalue weighted by Crippen LogP contribution is 2.32. The van der Waals surface area contributed by atoms with E-state index in [0.29, 0.717) is 0 Å². The maximum absolute atomic E-state index is 6.47. The van der Waals surface area contributed by atoms with Gasteiger partial charge in [0.05, 0.1) is 5.38 Å². The first-order valence-electron chi connectivity index (χ1n) is 5.41. The summed E-state index contributed by atoms with van der Waals surface area (Å²) in [6, 6.07) is 12.6. The molecule has 0 bridgehead atoms. The molecule has 2 rings (SSSR count). The van der Waals surface area contributed by atoms with Gasteiger partial charge < -0.3 is 0 Å². The Kier molecular flexibility index (Phi) is 3.67. The molecule has 0 spiro atoms. The average molecular weight is 251 g/mol. The zero-order chi connectivity index (χ0) is 11.5. The van der Waals surface area contributed by atoms with Gasteiger partial charge in [0.15, 0.2) is 0 Å². The third kappa shape index (κ3) is 2.66. The van der Waals surface area contributed by atoms with E-state index < -0.39 is 0 Å². The zero-order valence-corrected chi connectivity index (χ0v) is 11.1. The summed E-state index contributed by atoms with van der Waals surface area (Å²) in [6.07, 6.45) is 0.902. The average Bonchev–Trinajstić information content (AvgIpc) is 2.59. The fraction of sp³-hybridized carbons (Fsp3) is 0.286. The van der Waals surface area contributed by atoms with Crippen molar-refractivity contribution in [3.8, 4) is 0 Å². The third-order valence-corrected chi connectivity index (χ3v) is 4.05. The molecule has 16 heavy (non-hydrogen) atoms. The summed E-state index contributed by atoms with van der Waals surface area (Å²) in [5, 5.41) is 0.0901. The maximum atomic E-state index is 6.47. The van der Waals surface area contributed by atoms with Gasteiger partial charge in [0.25, 0.3) is 0 Å². The predicted octanol–water partition coefficient (Wildman–Crippen LogP) is 4.89. The first kappa shape index (κ1) is 11.7. The molecule has 1 aromatic heterocycles. The van der Waals surface area contributed by atoms with Crippen molar-refractivity contribution >= 4 is 22.9 Å². The maximum Gasteiger partial charge on any atom is 0.0636 e. The second kappa shape index (κ2) is 5.03. The summed E-state index contributed by atoms with van der Waals surface area (Å²) in [6.45, 7) is 4.28. The topological polar surface area (TPSA) is 0 Å². The summed E-state index contributed by atoms with van der Waals surface area (Å²) in [5.41, 5.74) is 2.58. The van der Waals surface area contributed by atoms with Crippen molar-refractivity contribution in [2.45, 2.75) is 25.6 Å². The van der Waals surface area contributed by atoms with Crippen molar-refractivity contribution in [2.24, 2.45) is 0 Å². The van der Waals surface area contributed by atoms with Crippen molar-refractivity contribution in [3.05, 3.63) is 57.3 Å². The highest BCUT2D eigenvalue weighted by atomic mass is 35.5. The van der Waals surface area contributed by atoms with Gasteiger partial charge in [0.2, 0.25) is 0 Å². The van der Waals surface area contributed by atoms with Gasteiger partial charge in [0.1, 0.15) is 0 Å². The largest absolute Gasteiger partial charge is 0.146 e. The van der Waals surface area contributed by atoms with Crippen LogP contribution in [0, 0.1) is 13.8 Å². The van der Waals surface area contributed by atoms with Gasteiger partial charge in [-0.05, 0) is 37.5 Å². The van der Waals surface area contributed by atoms with Gasteiger partial charge >= 0.3 is 0 Å². The molecule has 0 aliphatic carbocycles. The van der Waals surface area contributed by atoms with Crippen LogP contribution in [-0.2, 0) is 6.42 Å². The van der Waals surface area contributed by atoms with E-state index in [4.69, 9.17) is 11.6 Å². The summed E-state index contributed by atoms with van der Waals surface area (Å²) >= 11 is 8.29.